The second kappa shape index (κ2) is 4.86. The van der Waals surface area contributed by atoms with Crippen molar-refractivity contribution in [3.8, 4) is 0 Å². The average molecular weight is 245 g/mol. The van der Waals surface area contributed by atoms with E-state index in [1.807, 2.05) is 12.1 Å². The summed E-state index contributed by atoms with van der Waals surface area (Å²) < 4.78 is 4.25. The van der Waals surface area contributed by atoms with Crippen LogP contribution in [0.3, 0.4) is 0 Å². The highest BCUT2D eigenvalue weighted by Crippen LogP contribution is 2.17. The first-order chi connectivity index (χ1) is 6.79. The molecule has 0 spiro atoms. The van der Waals surface area contributed by atoms with E-state index in [4.69, 9.17) is 11.6 Å². The number of hydrogen-bond acceptors (Lipinski definition) is 0. The van der Waals surface area contributed by atoms with Crippen LogP contribution in [0, 0.1) is 0 Å². The van der Waals surface area contributed by atoms with Gasteiger partial charge in [-0.1, -0.05) is 12.1 Å². The Morgan fingerprint density at radius 1 is 1.27 bits per heavy atom. The maximum atomic E-state index is 6.28. The largest absolute Gasteiger partial charge is 1.00 e. The Balaban J connectivity index is 0.00000112. The van der Waals surface area contributed by atoms with Crippen molar-refractivity contribution in [2.45, 2.75) is 26.9 Å². The third-order valence-electron chi connectivity index (χ3n) is 2.54. The second-order valence-electron chi connectivity index (χ2n) is 3.25. The van der Waals surface area contributed by atoms with Crippen LogP contribution in [-0.2, 0) is 13.1 Å². The summed E-state index contributed by atoms with van der Waals surface area (Å²) in [5.41, 5.74) is 2.42. The molecule has 0 N–H and O–H groups in total. The van der Waals surface area contributed by atoms with Gasteiger partial charge in [0.1, 0.15) is 0 Å². The minimum absolute atomic E-state index is 0. The number of hydrogen-bond donors (Lipinski definition) is 0. The van der Waals surface area contributed by atoms with E-state index in [0.717, 1.165) is 18.4 Å². The van der Waals surface area contributed by atoms with Crippen molar-refractivity contribution >= 4 is 22.6 Å². The van der Waals surface area contributed by atoms with Crippen LogP contribution in [0.15, 0.2) is 24.3 Å². The molecular formula is C11H14Cl2N2. The van der Waals surface area contributed by atoms with Crippen LogP contribution < -0.4 is 17.0 Å². The number of halogens is 2. The van der Waals surface area contributed by atoms with Crippen LogP contribution in [0.2, 0.25) is 5.28 Å². The number of aromatic nitrogens is 2. The Kier molecular flexibility index (Phi) is 4.00. The lowest BCUT2D eigenvalue weighted by atomic mass is 10.3. The number of aryl methyl sites for hydroxylation is 2. The predicted octanol–water partition coefficient (Wildman–Crippen LogP) is -0.374. The van der Waals surface area contributed by atoms with E-state index >= 15 is 0 Å². The van der Waals surface area contributed by atoms with Crippen molar-refractivity contribution in [2.24, 2.45) is 0 Å². The fourth-order valence-corrected chi connectivity index (χ4v) is 2.29. The first-order valence-corrected chi connectivity index (χ1v) is 5.34. The van der Waals surface area contributed by atoms with Crippen molar-refractivity contribution in [3.05, 3.63) is 29.5 Å². The van der Waals surface area contributed by atoms with Gasteiger partial charge in [0.05, 0.1) is 13.1 Å². The van der Waals surface area contributed by atoms with Gasteiger partial charge in [0.15, 0.2) is 11.0 Å². The van der Waals surface area contributed by atoms with Crippen molar-refractivity contribution in [1.82, 2.24) is 4.57 Å². The molecule has 0 aliphatic carbocycles. The molecule has 0 unspecified atom stereocenters. The smallest absolute Gasteiger partial charge is 0.355 e. The molecule has 2 nitrogen and oxygen atoms in total. The molecule has 0 aliphatic heterocycles. The fourth-order valence-electron chi connectivity index (χ4n) is 1.87. The van der Waals surface area contributed by atoms with Crippen molar-refractivity contribution in [1.29, 1.82) is 0 Å². The minimum Gasteiger partial charge on any atom is -1.00 e. The molecule has 0 fully saturated rings. The minimum atomic E-state index is 0. The van der Waals surface area contributed by atoms with Gasteiger partial charge in [-0.3, -0.25) is 0 Å². The topological polar surface area (TPSA) is 8.81 Å². The molecular weight excluding hydrogens is 231 g/mol. The summed E-state index contributed by atoms with van der Waals surface area (Å²) in [7, 11) is 0. The molecule has 15 heavy (non-hydrogen) atoms. The Morgan fingerprint density at radius 2 is 1.93 bits per heavy atom. The summed E-state index contributed by atoms with van der Waals surface area (Å²) in [5, 5.41) is 0.816. The molecule has 0 aliphatic rings. The number of nitrogens with zero attached hydrogens (tertiary/aromatic N) is 2. The third-order valence-corrected chi connectivity index (χ3v) is 2.95. The van der Waals surface area contributed by atoms with E-state index in [-0.39, 0.29) is 12.4 Å². The molecule has 2 rings (SSSR count). The highest BCUT2D eigenvalue weighted by molar-refractivity contribution is 6.28. The van der Waals surface area contributed by atoms with Crippen LogP contribution >= 0.6 is 11.6 Å². The van der Waals surface area contributed by atoms with Crippen molar-refractivity contribution in [2.75, 3.05) is 0 Å². The quantitative estimate of drug-likeness (QED) is 0.638. The molecule has 0 radical (unpaired) electrons. The van der Waals surface area contributed by atoms with Crippen LogP contribution in [0.25, 0.3) is 11.0 Å². The fraction of sp³-hybridized carbons (Fsp3) is 0.364. The van der Waals surface area contributed by atoms with Gasteiger partial charge in [-0.25, -0.2) is 9.13 Å². The third kappa shape index (κ3) is 1.84. The standard InChI is InChI=1S/C11H14ClN2.ClH/c1-3-13-9-7-5-6-8-10(9)14(4-2)11(13)12;/h5-8H,3-4H2,1-2H3;1H/q+1;/p-1. The highest BCUT2D eigenvalue weighted by Gasteiger charge is 2.20. The number of para-hydroxylation sites is 2. The summed E-state index contributed by atoms with van der Waals surface area (Å²) in [6.45, 7) is 6.04. The number of imidazole rings is 1. The summed E-state index contributed by atoms with van der Waals surface area (Å²) in [6, 6.07) is 8.31. The molecule has 1 aromatic heterocycles. The molecule has 0 amide bonds. The molecule has 2 aromatic rings. The van der Waals surface area contributed by atoms with Crippen LogP contribution in [0.4, 0.5) is 0 Å². The zero-order valence-electron chi connectivity index (χ0n) is 8.87. The molecule has 1 heterocycles. The molecule has 0 bridgehead atoms. The summed E-state index contributed by atoms with van der Waals surface area (Å²) in [4.78, 5) is 0. The Bertz CT molecular complexity index is 422. The number of rotatable bonds is 2. The molecule has 4 heteroatoms. The lowest BCUT2D eigenvalue weighted by molar-refractivity contribution is -0.666. The van der Waals surface area contributed by atoms with Gasteiger partial charge in [0.2, 0.25) is 0 Å². The Morgan fingerprint density at radius 3 is 2.53 bits per heavy atom. The lowest BCUT2D eigenvalue weighted by Crippen LogP contribution is -3.00. The van der Waals surface area contributed by atoms with Crippen molar-refractivity contribution < 1.29 is 17.0 Å². The van der Waals surface area contributed by atoms with Crippen molar-refractivity contribution in [3.63, 3.8) is 0 Å². The second-order valence-corrected chi connectivity index (χ2v) is 3.58. The van der Waals surface area contributed by atoms with Gasteiger partial charge in [0.25, 0.3) is 0 Å². The van der Waals surface area contributed by atoms with Gasteiger partial charge in [-0.2, -0.15) is 0 Å². The van der Waals surface area contributed by atoms with E-state index < -0.39 is 0 Å². The Hall–Kier alpha value is -0.730. The zero-order valence-corrected chi connectivity index (χ0v) is 10.4. The lowest BCUT2D eigenvalue weighted by Gasteiger charge is -1.92. The Labute approximate surface area is 101 Å². The molecule has 82 valence electrons. The van der Waals surface area contributed by atoms with E-state index in [1.165, 1.54) is 11.0 Å². The predicted molar refractivity (Wildman–Crippen MR) is 58.5 cm³/mol. The maximum Gasteiger partial charge on any atom is 0.355 e. The van der Waals surface area contributed by atoms with Crippen LogP contribution in [0.1, 0.15) is 13.8 Å². The van der Waals surface area contributed by atoms with Crippen LogP contribution in [0.5, 0.6) is 0 Å². The summed E-state index contributed by atoms with van der Waals surface area (Å²) >= 11 is 6.28. The summed E-state index contributed by atoms with van der Waals surface area (Å²) in [5.74, 6) is 0. The van der Waals surface area contributed by atoms with E-state index in [1.54, 1.807) is 0 Å². The van der Waals surface area contributed by atoms with E-state index in [0.29, 0.717) is 0 Å². The molecule has 1 aromatic carbocycles. The SMILES string of the molecule is CCn1c(Cl)[n+](CC)c2ccccc21.[Cl-]. The molecule has 0 saturated carbocycles. The number of benzene rings is 1. The highest BCUT2D eigenvalue weighted by atomic mass is 35.5. The first kappa shape index (κ1) is 12.3. The summed E-state index contributed by atoms with van der Waals surface area (Å²) in [6.07, 6.45) is 0. The van der Waals surface area contributed by atoms with E-state index in [9.17, 15) is 0 Å². The number of fused-ring (bicyclic) bond motifs is 1. The molecule has 0 saturated heterocycles. The zero-order chi connectivity index (χ0) is 10.1. The molecule has 0 atom stereocenters. The normalized spacial score (nSPS) is 10.3. The van der Waals surface area contributed by atoms with Gasteiger partial charge < -0.3 is 12.4 Å². The maximum absolute atomic E-state index is 6.28. The average Bonchev–Trinajstić information content (AvgIpc) is 2.49. The van der Waals surface area contributed by atoms with Gasteiger partial charge in [0, 0.05) is 11.6 Å². The van der Waals surface area contributed by atoms with E-state index in [2.05, 4.69) is 35.1 Å². The monoisotopic (exact) mass is 244 g/mol. The van der Waals surface area contributed by atoms with Crippen LogP contribution in [-0.4, -0.2) is 4.57 Å². The van der Waals surface area contributed by atoms with Gasteiger partial charge in [-0.05, 0) is 26.0 Å². The van der Waals surface area contributed by atoms with Gasteiger partial charge >= 0.3 is 5.28 Å². The van der Waals surface area contributed by atoms with Gasteiger partial charge in [-0.15, -0.1) is 0 Å². The first-order valence-electron chi connectivity index (χ1n) is 4.96.